The number of rotatable bonds is 5. The molecule has 2 amide bonds. The van der Waals surface area contributed by atoms with Crippen LogP contribution in [0.25, 0.3) is 10.9 Å². The van der Waals surface area contributed by atoms with Gasteiger partial charge in [-0.3, -0.25) is 9.59 Å². The Morgan fingerprint density at radius 3 is 2.58 bits per heavy atom. The molecule has 0 bridgehead atoms. The lowest BCUT2D eigenvalue weighted by atomic mass is 9.97. The number of aromatic nitrogens is 1. The van der Waals surface area contributed by atoms with Crippen LogP contribution < -0.4 is 5.32 Å². The molecule has 5 nitrogen and oxygen atoms in total. The molecule has 132 valence electrons. The zero-order valence-corrected chi connectivity index (χ0v) is 14.4. The summed E-state index contributed by atoms with van der Waals surface area (Å²) in [5, 5.41) is 3.90. The summed E-state index contributed by atoms with van der Waals surface area (Å²) < 4.78 is 0. The number of para-hydroxylation sites is 1. The molecule has 0 unspecified atom stereocenters. The second kappa shape index (κ2) is 7.04. The molecule has 0 spiro atoms. The van der Waals surface area contributed by atoms with Gasteiger partial charge >= 0.3 is 0 Å². The van der Waals surface area contributed by atoms with Gasteiger partial charge in [0.05, 0.1) is 11.5 Å². The molecule has 5 heteroatoms. The van der Waals surface area contributed by atoms with E-state index in [9.17, 15) is 9.59 Å². The van der Waals surface area contributed by atoms with E-state index in [0.717, 1.165) is 17.3 Å². The number of aromatic amines is 1. The van der Waals surface area contributed by atoms with Crippen molar-refractivity contribution in [2.45, 2.75) is 6.42 Å². The van der Waals surface area contributed by atoms with E-state index in [1.807, 2.05) is 42.5 Å². The highest BCUT2D eigenvalue weighted by Crippen LogP contribution is 2.24. The van der Waals surface area contributed by atoms with Crippen molar-refractivity contribution in [1.82, 2.24) is 15.2 Å². The Hall–Kier alpha value is -3.08. The molecule has 0 atom stereocenters. The third-order valence-corrected chi connectivity index (χ3v) is 4.91. The van der Waals surface area contributed by atoms with E-state index < -0.39 is 0 Å². The van der Waals surface area contributed by atoms with Gasteiger partial charge in [0.25, 0.3) is 5.91 Å². The predicted molar refractivity (Wildman–Crippen MR) is 101 cm³/mol. The van der Waals surface area contributed by atoms with Gasteiger partial charge in [0.1, 0.15) is 0 Å². The van der Waals surface area contributed by atoms with Crippen molar-refractivity contribution in [3.63, 3.8) is 0 Å². The third kappa shape index (κ3) is 3.20. The number of hydrogen-bond donors (Lipinski definition) is 2. The average Bonchev–Trinajstić information content (AvgIpc) is 3.05. The van der Waals surface area contributed by atoms with Crippen molar-refractivity contribution < 1.29 is 9.59 Å². The zero-order chi connectivity index (χ0) is 17.9. The Bertz CT molecular complexity index is 927. The van der Waals surface area contributed by atoms with Gasteiger partial charge in [0.15, 0.2) is 0 Å². The van der Waals surface area contributed by atoms with Crippen molar-refractivity contribution in [2.24, 2.45) is 5.92 Å². The Labute approximate surface area is 152 Å². The van der Waals surface area contributed by atoms with Crippen molar-refractivity contribution in [3.05, 3.63) is 71.9 Å². The van der Waals surface area contributed by atoms with E-state index in [-0.39, 0.29) is 17.7 Å². The summed E-state index contributed by atoms with van der Waals surface area (Å²) in [7, 11) is 0. The number of amides is 2. The van der Waals surface area contributed by atoms with E-state index in [2.05, 4.69) is 22.4 Å². The number of carbonyl (C=O) groups excluding carboxylic acids is 2. The summed E-state index contributed by atoms with van der Waals surface area (Å²) in [4.78, 5) is 29.7. The fourth-order valence-corrected chi connectivity index (χ4v) is 3.35. The lowest BCUT2D eigenvalue weighted by Gasteiger charge is -2.38. The molecule has 26 heavy (non-hydrogen) atoms. The molecule has 2 heterocycles. The fraction of sp³-hybridized carbons (Fsp3) is 0.238. The van der Waals surface area contributed by atoms with Crippen molar-refractivity contribution >= 4 is 22.7 Å². The lowest BCUT2D eigenvalue weighted by molar-refractivity contribution is -0.128. The smallest absolute Gasteiger partial charge is 0.256 e. The van der Waals surface area contributed by atoms with Crippen LogP contribution in [0.3, 0.4) is 0 Å². The number of benzene rings is 2. The van der Waals surface area contributed by atoms with Gasteiger partial charge in [-0.15, -0.1) is 0 Å². The number of hydrogen-bond acceptors (Lipinski definition) is 2. The van der Waals surface area contributed by atoms with Crippen LogP contribution in [0, 0.1) is 5.92 Å². The van der Waals surface area contributed by atoms with Crippen LogP contribution in [0.4, 0.5) is 0 Å². The van der Waals surface area contributed by atoms with Crippen LogP contribution >= 0.6 is 0 Å². The van der Waals surface area contributed by atoms with E-state index in [1.54, 1.807) is 11.1 Å². The molecule has 0 saturated carbocycles. The molecule has 1 aliphatic rings. The molecule has 2 aromatic carbocycles. The highest BCUT2D eigenvalue weighted by Gasteiger charge is 2.36. The van der Waals surface area contributed by atoms with Crippen molar-refractivity contribution in [3.8, 4) is 0 Å². The molecule has 3 aromatic rings. The number of nitrogens with one attached hydrogen (secondary N) is 2. The van der Waals surface area contributed by atoms with Gasteiger partial charge in [-0.1, -0.05) is 48.5 Å². The minimum atomic E-state index is -0.111. The number of fused-ring (bicyclic) bond motifs is 1. The Morgan fingerprint density at radius 2 is 1.77 bits per heavy atom. The first-order valence-corrected chi connectivity index (χ1v) is 8.89. The molecule has 0 radical (unpaired) electrons. The normalized spacial score (nSPS) is 14.2. The zero-order valence-electron chi connectivity index (χ0n) is 14.4. The van der Waals surface area contributed by atoms with Gasteiger partial charge in [-0.05, 0) is 18.1 Å². The van der Waals surface area contributed by atoms with Crippen LogP contribution in [-0.2, 0) is 11.2 Å². The van der Waals surface area contributed by atoms with E-state index >= 15 is 0 Å². The topological polar surface area (TPSA) is 65.2 Å². The second-order valence-corrected chi connectivity index (χ2v) is 6.68. The summed E-state index contributed by atoms with van der Waals surface area (Å²) in [5.74, 6) is -0.0976. The van der Waals surface area contributed by atoms with Gasteiger partial charge in [0, 0.05) is 36.7 Å². The van der Waals surface area contributed by atoms with Gasteiger partial charge < -0.3 is 15.2 Å². The first-order valence-electron chi connectivity index (χ1n) is 8.89. The maximum absolute atomic E-state index is 12.6. The lowest BCUT2D eigenvalue weighted by Crippen LogP contribution is -2.55. The standard InChI is InChI=1S/C21H21N3O2/c25-20(22-11-10-15-6-2-1-3-7-15)16-13-24(14-16)21(26)18-12-23-19-9-5-4-8-17(18)19/h1-9,12,16,23H,10-11,13-14H2,(H,22,25). The summed E-state index contributed by atoms with van der Waals surface area (Å²) >= 11 is 0. The maximum Gasteiger partial charge on any atom is 0.256 e. The monoisotopic (exact) mass is 347 g/mol. The number of H-pyrrole nitrogens is 1. The molecular weight excluding hydrogens is 326 g/mol. The molecule has 1 aliphatic heterocycles. The van der Waals surface area contributed by atoms with Crippen molar-refractivity contribution in [1.29, 1.82) is 0 Å². The predicted octanol–water partition coefficient (Wildman–Crippen LogP) is 2.60. The largest absolute Gasteiger partial charge is 0.360 e. The number of nitrogens with zero attached hydrogens (tertiary/aromatic N) is 1. The molecule has 4 rings (SSSR count). The fourth-order valence-electron chi connectivity index (χ4n) is 3.35. The highest BCUT2D eigenvalue weighted by atomic mass is 16.2. The van der Waals surface area contributed by atoms with E-state index in [4.69, 9.17) is 0 Å². The molecular formula is C21H21N3O2. The molecule has 0 aliphatic carbocycles. The van der Waals surface area contributed by atoms with Crippen LogP contribution in [0.1, 0.15) is 15.9 Å². The van der Waals surface area contributed by atoms with Crippen LogP contribution in [0.2, 0.25) is 0 Å². The maximum atomic E-state index is 12.6. The molecule has 2 N–H and O–H groups in total. The van der Waals surface area contributed by atoms with Gasteiger partial charge in [-0.2, -0.15) is 0 Å². The third-order valence-electron chi connectivity index (χ3n) is 4.91. The SMILES string of the molecule is O=C(NCCc1ccccc1)C1CN(C(=O)c2c[nH]c3ccccc23)C1. The Morgan fingerprint density at radius 1 is 1.04 bits per heavy atom. The number of carbonyl (C=O) groups is 2. The quantitative estimate of drug-likeness (QED) is 0.745. The van der Waals surface area contributed by atoms with Crippen molar-refractivity contribution in [2.75, 3.05) is 19.6 Å². The van der Waals surface area contributed by atoms with Gasteiger partial charge in [-0.25, -0.2) is 0 Å². The second-order valence-electron chi connectivity index (χ2n) is 6.68. The van der Waals surface area contributed by atoms with E-state index in [1.165, 1.54) is 5.56 Å². The van der Waals surface area contributed by atoms with Crippen LogP contribution in [0.15, 0.2) is 60.8 Å². The summed E-state index contributed by atoms with van der Waals surface area (Å²) in [6, 6.07) is 17.8. The Balaban J connectivity index is 1.28. The molecule has 1 aromatic heterocycles. The molecule has 1 fully saturated rings. The Kier molecular flexibility index (Phi) is 4.44. The molecule has 1 saturated heterocycles. The summed E-state index contributed by atoms with van der Waals surface area (Å²) in [6.45, 7) is 1.58. The average molecular weight is 347 g/mol. The van der Waals surface area contributed by atoms with Gasteiger partial charge in [0.2, 0.25) is 5.91 Å². The van der Waals surface area contributed by atoms with Crippen LogP contribution in [0.5, 0.6) is 0 Å². The highest BCUT2D eigenvalue weighted by molar-refractivity contribution is 6.07. The minimum absolute atomic E-state index is 0.0178. The van der Waals surface area contributed by atoms with Crippen LogP contribution in [-0.4, -0.2) is 41.3 Å². The number of likely N-dealkylation sites (tertiary alicyclic amines) is 1. The summed E-state index contributed by atoms with van der Waals surface area (Å²) in [6.07, 6.45) is 2.57. The first kappa shape index (κ1) is 16.4. The first-order chi connectivity index (χ1) is 12.7. The minimum Gasteiger partial charge on any atom is -0.360 e. The van der Waals surface area contributed by atoms with E-state index in [0.29, 0.717) is 25.2 Å². The summed E-state index contributed by atoms with van der Waals surface area (Å²) in [5.41, 5.74) is 2.83.